The highest BCUT2D eigenvalue weighted by Crippen LogP contribution is 2.38. The molecule has 1 saturated heterocycles. The molecule has 1 aliphatic heterocycles. The summed E-state index contributed by atoms with van der Waals surface area (Å²) in [5, 5.41) is 3.80. The topological polar surface area (TPSA) is 21.3 Å². The quantitative estimate of drug-likeness (QED) is 0.882. The molecule has 0 spiro atoms. The van der Waals surface area contributed by atoms with Crippen LogP contribution in [0.15, 0.2) is 30.3 Å². The van der Waals surface area contributed by atoms with E-state index in [1.54, 1.807) is 0 Å². The summed E-state index contributed by atoms with van der Waals surface area (Å²) in [6.45, 7) is 11.0. The van der Waals surface area contributed by atoms with Gasteiger partial charge < -0.3 is 10.1 Å². The minimum absolute atomic E-state index is 0.0316. The number of hydrogen-bond acceptors (Lipinski definition) is 2. The molecular weight excluding hydrogens is 234 g/mol. The molecule has 19 heavy (non-hydrogen) atoms. The van der Waals surface area contributed by atoms with Crippen molar-refractivity contribution in [1.29, 1.82) is 0 Å². The van der Waals surface area contributed by atoms with Crippen LogP contribution in [0, 0.1) is 0 Å². The Hall–Kier alpha value is -0.860. The maximum Gasteiger partial charge on any atom is 0.0787 e. The SMILES string of the molecule is CCC(NC1CC(C)(C)OC1(C)C)c1ccccc1. The second-order valence-electron chi connectivity index (χ2n) is 6.76. The van der Waals surface area contributed by atoms with Gasteiger partial charge in [0.1, 0.15) is 0 Å². The molecular formula is C17H27NO. The monoisotopic (exact) mass is 261 g/mol. The van der Waals surface area contributed by atoms with Crippen molar-refractivity contribution in [3.05, 3.63) is 35.9 Å². The summed E-state index contributed by atoms with van der Waals surface area (Å²) in [4.78, 5) is 0. The second-order valence-corrected chi connectivity index (χ2v) is 6.76. The Morgan fingerprint density at radius 3 is 2.32 bits per heavy atom. The van der Waals surface area contributed by atoms with Crippen molar-refractivity contribution in [2.45, 2.75) is 70.7 Å². The van der Waals surface area contributed by atoms with Gasteiger partial charge in [0.15, 0.2) is 0 Å². The van der Waals surface area contributed by atoms with E-state index in [2.05, 4.69) is 70.3 Å². The zero-order valence-corrected chi connectivity index (χ0v) is 12.9. The third-order valence-electron chi connectivity index (χ3n) is 4.09. The summed E-state index contributed by atoms with van der Waals surface area (Å²) < 4.78 is 6.17. The third-order valence-corrected chi connectivity index (χ3v) is 4.09. The van der Waals surface area contributed by atoms with Gasteiger partial charge in [0.05, 0.1) is 11.2 Å². The van der Waals surface area contributed by atoms with Gasteiger partial charge in [0.2, 0.25) is 0 Å². The molecule has 106 valence electrons. The van der Waals surface area contributed by atoms with Crippen LogP contribution in [0.5, 0.6) is 0 Å². The molecule has 1 aromatic carbocycles. The first kappa shape index (κ1) is 14.5. The van der Waals surface area contributed by atoms with Gasteiger partial charge in [0.25, 0.3) is 0 Å². The molecule has 2 rings (SSSR count). The lowest BCUT2D eigenvalue weighted by Crippen LogP contribution is -2.44. The van der Waals surface area contributed by atoms with Crippen molar-refractivity contribution in [2.24, 2.45) is 0 Å². The van der Waals surface area contributed by atoms with E-state index < -0.39 is 0 Å². The summed E-state index contributed by atoms with van der Waals surface area (Å²) in [6, 6.07) is 11.5. The molecule has 0 aliphatic carbocycles. The Labute approximate surface area is 117 Å². The van der Waals surface area contributed by atoms with E-state index >= 15 is 0 Å². The van der Waals surface area contributed by atoms with Gasteiger partial charge in [-0.05, 0) is 46.1 Å². The average molecular weight is 261 g/mol. The van der Waals surface area contributed by atoms with E-state index in [0.29, 0.717) is 12.1 Å². The van der Waals surface area contributed by atoms with Crippen molar-refractivity contribution in [3.8, 4) is 0 Å². The van der Waals surface area contributed by atoms with Crippen molar-refractivity contribution in [2.75, 3.05) is 0 Å². The summed E-state index contributed by atoms with van der Waals surface area (Å²) in [5.74, 6) is 0. The molecule has 0 radical (unpaired) electrons. The molecule has 1 aliphatic rings. The molecule has 0 amide bonds. The first-order chi connectivity index (χ1) is 8.84. The normalized spacial score (nSPS) is 26.3. The standard InChI is InChI=1S/C17H27NO/c1-6-14(13-10-8-7-9-11-13)18-15-12-16(2,3)19-17(15,4)5/h7-11,14-15,18H,6,12H2,1-5H3. The zero-order valence-electron chi connectivity index (χ0n) is 12.9. The van der Waals surface area contributed by atoms with Gasteiger partial charge in [-0.3, -0.25) is 0 Å². The maximum absolute atomic E-state index is 6.17. The average Bonchev–Trinajstić information content (AvgIpc) is 2.55. The molecule has 0 saturated carbocycles. The van der Waals surface area contributed by atoms with E-state index in [4.69, 9.17) is 4.74 Å². The van der Waals surface area contributed by atoms with Crippen LogP contribution in [0.1, 0.15) is 59.1 Å². The smallest absolute Gasteiger partial charge is 0.0787 e. The minimum Gasteiger partial charge on any atom is -0.368 e. The highest BCUT2D eigenvalue weighted by molar-refractivity contribution is 5.19. The Morgan fingerprint density at radius 1 is 1.21 bits per heavy atom. The maximum atomic E-state index is 6.17. The zero-order chi connectivity index (χ0) is 14.1. The number of benzene rings is 1. The summed E-state index contributed by atoms with van der Waals surface area (Å²) >= 11 is 0. The summed E-state index contributed by atoms with van der Waals surface area (Å²) in [6.07, 6.45) is 2.15. The van der Waals surface area contributed by atoms with Crippen LogP contribution in [0.2, 0.25) is 0 Å². The number of hydrogen-bond donors (Lipinski definition) is 1. The van der Waals surface area contributed by atoms with Gasteiger partial charge in [0, 0.05) is 12.1 Å². The summed E-state index contributed by atoms with van der Waals surface area (Å²) in [7, 11) is 0. The Balaban J connectivity index is 2.11. The lowest BCUT2D eigenvalue weighted by Gasteiger charge is -2.31. The third kappa shape index (κ3) is 3.37. The van der Waals surface area contributed by atoms with Crippen molar-refractivity contribution < 1.29 is 4.74 Å². The molecule has 1 heterocycles. The van der Waals surface area contributed by atoms with Crippen LogP contribution < -0.4 is 5.32 Å². The van der Waals surface area contributed by atoms with Crippen LogP contribution in [0.3, 0.4) is 0 Å². The van der Waals surface area contributed by atoms with Crippen molar-refractivity contribution >= 4 is 0 Å². The molecule has 2 nitrogen and oxygen atoms in total. The molecule has 2 atom stereocenters. The lowest BCUT2D eigenvalue weighted by molar-refractivity contribution is -0.0705. The minimum atomic E-state index is -0.105. The molecule has 0 aromatic heterocycles. The van der Waals surface area contributed by atoms with E-state index in [9.17, 15) is 0 Å². The predicted molar refractivity (Wildman–Crippen MR) is 80.3 cm³/mol. The van der Waals surface area contributed by atoms with Crippen molar-refractivity contribution in [1.82, 2.24) is 5.32 Å². The Morgan fingerprint density at radius 2 is 1.84 bits per heavy atom. The van der Waals surface area contributed by atoms with Gasteiger partial charge in [-0.25, -0.2) is 0 Å². The van der Waals surface area contributed by atoms with Gasteiger partial charge >= 0.3 is 0 Å². The van der Waals surface area contributed by atoms with Crippen LogP contribution in [0.4, 0.5) is 0 Å². The van der Waals surface area contributed by atoms with Gasteiger partial charge in [-0.15, -0.1) is 0 Å². The first-order valence-electron chi connectivity index (χ1n) is 7.35. The lowest BCUT2D eigenvalue weighted by atomic mass is 9.92. The fourth-order valence-corrected chi connectivity index (χ4v) is 3.20. The van der Waals surface area contributed by atoms with Gasteiger partial charge in [-0.2, -0.15) is 0 Å². The fraction of sp³-hybridized carbons (Fsp3) is 0.647. The van der Waals surface area contributed by atoms with E-state index in [1.807, 2.05) is 0 Å². The van der Waals surface area contributed by atoms with Crippen molar-refractivity contribution in [3.63, 3.8) is 0 Å². The fourth-order valence-electron chi connectivity index (χ4n) is 3.20. The summed E-state index contributed by atoms with van der Waals surface area (Å²) in [5.41, 5.74) is 1.23. The molecule has 2 heteroatoms. The molecule has 1 fully saturated rings. The molecule has 0 bridgehead atoms. The Bertz CT molecular complexity index is 411. The van der Waals surface area contributed by atoms with Crippen LogP contribution in [-0.4, -0.2) is 17.2 Å². The Kier molecular flexibility index (Phi) is 4.03. The van der Waals surface area contributed by atoms with E-state index in [0.717, 1.165) is 12.8 Å². The molecule has 2 unspecified atom stereocenters. The first-order valence-corrected chi connectivity index (χ1v) is 7.35. The molecule has 1 aromatic rings. The number of nitrogens with one attached hydrogen (secondary N) is 1. The number of rotatable bonds is 4. The van der Waals surface area contributed by atoms with Crippen LogP contribution in [0.25, 0.3) is 0 Å². The second kappa shape index (κ2) is 5.26. The number of ether oxygens (including phenoxy) is 1. The van der Waals surface area contributed by atoms with Crippen LogP contribution in [-0.2, 0) is 4.74 Å². The largest absolute Gasteiger partial charge is 0.368 e. The van der Waals surface area contributed by atoms with E-state index in [1.165, 1.54) is 5.56 Å². The molecule has 1 N–H and O–H groups in total. The van der Waals surface area contributed by atoms with Gasteiger partial charge in [-0.1, -0.05) is 37.3 Å². The highest BCUT2D eigenvalue weighted by Gasteiger charge is 2.46. The highest BCUT2D eigenvalue weighted by atomic mass is 16.5. The van der Waals surface area contributed by atoms with E-state index in [-0.39, 0.29) is 11.2 Å². The van der Waals surface area contributed by atoms with Crippen LogP contribution >= 0.6 is 0 Å². The predicted octanol–water partition coefficient (Wildman–Crippen LogP) is 4.07.